The molecular weight excluding hydrogens is 309 g/mol. The van der Waals surface area contributed by atoms with Crippen LogP contribution in [0.4, 0.5) is 4.39 Å². The first-order valence-corrected chi connectivity index (χ1v) is 6.90. The van der Waals surface area contributed by atoms with Crippen molar-refractivity contribution in [3.63, 3.8) is 0 Å². The summed E-state index contributed by atoms with van der Waals surface area (Å²) in [4.78, 5) is 0. The molecule has 0 fully saturated rings. The van der Waals surface area contributed by atoms with E-state index in [1.54, 1.807) is 12.1 Å². The summed E-state index contributed by atoms with van der Waals surface area (Å²) in [6, 6.07) is 12.1. The highest BCUT2D eigenvalue weighted by Gasteiger charge is 2.27. The van der Waals surface area contributed by atoms with Crippen LogP contribution in [0, 0.1) is 5.82 Å². The minimum absolute atomic E-state index is 0.0729. The number of benzene rings is 2. The Morgan fingerprint density at radius 1 is 1.16 bits per heavy atom. The summed E-state index contributed by atoms with van der Waals surface area (Å²) < 4.78 is 19.9. The van der Waals surface area contributed by atoms with Crippen molar-refractivity contribution in [2.24, 2.45) is 5.73 Å². The second-order valence-electron chi connectivity index (χ2n) is 4.68. The highest BCUT2D eigenvalue weighted by molar-refractivity contribution is 9.10. The van der Waals surface area contributed by atoms with Gasteiger partial charge in [-0.2, -0.15) is 0 Å². The summed E-state index contributed by atoms with van der Waals surface area (Å²) in [5, 5.41) is 0. The fraction of sp³-hybridized carbons (Fsp3) is 0.200. The van der Waals surface area contributed by atoms with Crippen molar-refractivity contribution in [3.8, 4) is 5.75 Å². The summed E-state index contributed by atoms with van der Waals surface area (Å²) in [5.41, 5.74) is 8.15. The van der Waals surface area contributed by atoms with E-state index in [4.69, 9.17) is 10.5 Å². The summed E-state index contributed by atoms with van der Waals surface area (Å²) in [6.07, 6.45) is 0.569. The van der Waals surface area contributed by atoms with Gasteiger partial charge >= 0.3 is 0 Å². The van der Waals surface area contributed by atoms with Gasteiger partial charge in [0.25, 0.3) is 0 Å². The van der Waals surface area contributed by atoms with Gasteiger partial charge in [0, 0.05) is 22.5 Å². The number of hydrogen-bond acceptors (Lipinski definition) is 2. The van der Waals surface area contributed by atoms with E-state index >= 15 is 0 Å². The van der Waals surface area contributed by atoms with E-state index in [1.165, 1.54) is 12.1 Å². The minimum atomic E-state index is -0.242. The lowest BCUT2D eigenvalue weighted by atomic mass is 9.94. The fourth-order valence-corrected chi connectivity index (χ4v) is 2.74. The molecule has 0 aliphatic carbocycles. The molecule has 0 bridgehead atoms. The van der Waals surface area contributed by atoms with E-state index < -0.39 is 0 Å². The average Bonchev–Trinajstić information content (AvgIpc) is 2.40. The average molecular weight is 322 g/mol. The van der Waals surface area contributed by atoms with E-state index in [2.05, 4.69) is 15.9 Å². The Morgan fingerprint density at radius 2 is 1.89 bits per heavy atom. The molecule has 1 aliphatic rings. The topological polar surface area (TPSA) is 35.2 Å². The van der Waals surface area contributed by atoms with Crippen LogP contribution in [0.1, 0.15) is 29.7 Å². The Bertz CT molecular complexity index is 600. The maximum Gasteiger partial charge on any atom is 0.126 e. The van der Waals surface area contributed by atoms with Crippen molar-refractivity contribution < 1.29 is 9.13 Å². The Balaban J connectivity index is 1.92. The van der Waals surface area contributed by atoms with Crippen molar-refractivity contribution >= 4 is 15.9 Å². The molecule has 2 aromatic carbocycles. The van der Waals surface area contributed by atoms with Crippen molar-refractivity contribution in [3.05, 3.63) is 63.9 Å². The first kappa shape index (κ1) is 12.6. The second kappa shape index (κ2) is 4.94. The minimum Gasteiger partial charge on any atom is -0.485 e. The van der Waals surface area contributed by atoms with Crippen molar-refractivity contribution in [2.45, 2.75) is 18.6 Å². The molecular formula is C15H13BrFNO. The number of fused-ring (bicyclic) bond motifs is 1. The van der Waals surface area contributed by atoms with Crippen LogP contribution in [0.2, 0.25) is 0 Å². The first-order valence-electron chi connectivity index (χ1n) is 6.10. The van der Waals surface area contributed by atoms with Gasteiger partial charge in [0.15, 0.2) is 0 Å². The molecule has 3 rings (SSSR count). The molecule has 2 N–H and O–H groups in total. The quantitative estimate of drug-likeness (QED) is 0.857. The standard InChI is InChI=1S/C15H13BrFNO/c16-10-3-6-14-12(7-10)13(18)8-15(19-14)9-1-4-11(17)5-2-9/h1-7,13,15H,8,18H2/t13-,15?/m0/s1. The van der Waals surface area contributed by atoms with Crippen LogP contribution in [-0.2, 0) is 0 Å². The van der Waals surface area contributed by atoms with Crippen LogP contribution >= 0.6 is 15.9 Å². The smallest absolute Gasteiger partial charge is 0.126 e. The van der Waals surface area contributed by atoms with E-state index in [9.17, 15) is 4.39 Å². The summed E-state index contributed by atoms with van der Waals surface area (Å²) in [6.45, 7) is 0. The van der Waals surface area contributed by atoms with Crippen LogP contribution in [-0.4, -0.2) is 0 Å². The predicted molar refractivity (Wildman–Crippen MR) is 75.5 cm³/mol. The van der Waals surface area contributed by atoms with Gasteiger partial charge in [0.1, 0.15) is 17.7 Å². The number of ether oxygens (including phenoxy) is 1. The van der Waals surface area contributed by atoms with Crippen LogP contribution in [0.25, 0.3) is 0 Å². The molecule has 1 aliphatic heterocycles. The molecule has 0 saturated carbocycles. The predicted octanol–water partition coefficient (Wildman–Crippen LogP) is 4.11. The molecule has 0 radical (unpaired) electrons. The van der Waals surface area contributed by atoms with E-state index in [1.807, 2.05) is 18.2 Å². The molecule has 19 heavy (non-hydrogen) atoms. The van der Waals surface area contributed by atoms with Gasteiger partial charge in [-0.05, 0) is 35.9 Å². The Kier molecular flexibility index (Phi) is 3.29. The third kappa shape index (κ3) is 2.51. The van der Waals surface area contributed by atoms with Crippen LogP contribution in [0.5, 0.6) is 5.75 Å². The van der Waals surface area contributed by atoms with Crippen molar-refractivity contribution in [2.75, 3.05) is 0 Å². The van der Waals surface area contributed by atoms with Gasteiger partial charge in [-0.1, -0.05) is 28.1 Å². The normalized spacial score (nSPS) is 21.6. The number of halogens is 2. The van der Waals surface area contributed by atoms with Crippen LogP contribution in [0.15, 0.2) is 46.9 Å². The molecule has 4 heteroatoms. The van der Waals surface area contributed by atoms with Gasteiger partial charge in [0.05, 0.1) is 0 Å². The zero-order valence-corrected chi connectivity index (χ0v) is 11.7. The van der Waals surface area contributed by atoms with Gasteiger partial charge in [0.2, 0.25) is 0 Å². The Hall–Kier alpha value is -1.39. The third-order valence-electron chi connectivity index (χ3n) is 3.35. The number of rotatable bonds is 1. The molecule has 0 saturated heterocycles. The fourth-order valence-electron chi connectivity index (χ4n) is 2.36. The van der Waals surface area contributed by atoms with E-state index in [-0.39, 0.29) is 18.0 Å². The Labute approximate surface area is 119 Å². The first-order chi connectivity index (χ1) is 9.13. The lowest BCUT2D eigenvalue weighted by Gasteiger charge is -2.30. The van der Waals surface area contributed by atoms with E-state index in [0.29, 0.717) is 6.42 Å². The van der Waals surface area contributed by atoms with Gasteiger partial charge in [-0.25, -0.2) is 4.39 Å². The monoisotopic (exact) mass is 321 g/mol. The molecule has 0 aromatic heterocycles. The Morgan fingerprint density at radius 3 is 2.63 bits per heavy atom. The number of hydrogen-bond donors (Lipinski definition) is 1. The molecule has 2 atom stereocenters. The molecule has 0 amide bonds. The zero-order valence-electron chi connectivity index (χ0n) is 10.1. The van der Waals surface area contributed by atoms with Crippen LogP contribution < -0.4 is 10.5 Å². The molecule has 1 heterocycles. The largest absolute Gasteiger partial charge is 0.485 e. The van der Waals surface area contributed by atoms with Crippen molar-refractivity contribution in [1.82, 2.24) is 0 Å². The SMILES string of the molecule is N[C@H]1CC(c2ccc(F)cc2)Oc2ccc(Br)cc21. The highest BCUT2D eigenvalue weighted by atomic mass is 79.9. The number of nitrogens with two attached hydrogens (primary N) is 1. The summed E-state index contributed by atoms with van der Waals surface area (Å²) in [5.74, 6) is 0.560. The summed E-state index contributed by atoms with van der Waals surface area (Å²) in [7, 11) is 0. The van der Waals surface area contributed by atoms with Crippen LogP contribution in [0.3, 0.4) is 0 Å². The highest BCUT2D eigenvalue weighted by Crippen LogP contribution is 2.40. The molecule has 1 unspecified atom stereocenters. The van der Waals surface area contributed by atoms with Gasteiger partial charge in [-0.15, -0.1) is 0 Å². The molecule has 98 valence electrons. The van der Waals surface area contributed by atoms with Crippen molar-refractivity contribution in [1.29, 1.82) is 0 Å². The molecule has 0 spiro atoms. The maximum absolute atomic E-state index is 12.9. The lowest BCUT2D eigenvalue weighted by Crippen LogP contribution is -2.24. The van der Waals surface area contributed by atoms with Gasteiger partial charge < -0.3 is 10.5 Å². The lowest BCUT2D eigenvalue weighted by molar-refractivity contribution is 0.161. The maximum atomic E-state index is 12.9. The molecule has 2 aromatic rings. The van der Waals surface area contributed by atoms with E-state index in [0.717, 1.165) is 21.3 Å². The second-order valence-corrected chi connectivity index (χ2v) is 5.60. The zero-order chi connectivity index (χ0) is 13.4. The third-order valence-corrected chi connectivity index (χ3v) is 3.84. The van der Waals surface area contributed by atoms with Gasteiger partial charge in [-0.3, -0.25) is 0 Å². The summed E-state index contributed by atoms with van der Waals surface area (Å²) >= 11 is 3.43. The molecule has 2 nitrogen and oxygen atoms in total.